The number of ketones is 1. The Morgan fingerprint density at radius 3 is 2.33 bits per heavy atom. The minimum Gasteiger partial charge on any atom is -0.444 e. The van der Waals surface area contributed by atoms with E-state index >= 15 is 0 Å². The summed E-state index contributed by atoms with van der Waals surface area (Å²) in [5, 5.41) is 7.87. The van der Waals surface area contributed by atoms with Crippen LogP contribution in [0.4, 0.5) is 28.0 Å². The molecule has 2 aliphatic heterocycles. The largest absolute Gasteiger partial charge is 0.573 e. The first-order valence-corrected chi connectivity index (χ1v) is 18.2. The van der Waals surface area contributed by atoms with Gasteiger partial charge in [-0.05, 0) is 54.4 Å². The third kappa shape index (κ3) is 8.70. The molecular weight excluding hydrogens is 730 g/mol. The van der Waals surface area contributed by atoms with Crippen molar-refractivity contribution >= 4 is 41.2 Å². The molecule has 5 atom stereocenters. The van der Waals surface area contributed by atoms with E-state index in [0.717, 1.165) is 12.1 Å². The van der Waals surface area contributed by atoms with Gasteiger partial charge in [0.1, 0.15) is 35.3 Å². The van der Waals surface area contributed by atoms with E-state index in [0.29, 0.717) is 30.4 Å². The van der Waals surface area contributed by atoms with Gasteiger partial charge in [0.15, 0.2) is 0 Å². The molecule has 0 aromatic heterocycles. The second-order valence-corrected chi connectivity index (χ2v) is 15.7. The van der Waals surface area contributed by atoms with E-state index in [2.05, 4.69) is 20.7 Å². The summed E-state index contributed by atoms with van der Waals surface area (Å²) >= 11 is 0. The van der Waals surface area contributed by atoms with Crippen molar-refractivity contribution in [1.82, 2.24) is 20.4 Å². The third-order valence-corrected chi connectivity index (χ3v) is 10.5. The molecule has 5 amide bonds. The predicted octanol–water partition coefficient (Wildman–Crippen LogP) is 4.58. The molecule has 13 nitrogen and oxygen atoms in total. The van der Waals surface area contributed by atoms with Gasteiger partial charge in [-0.1, -0.05) is 52.3 Å². The zero-order valence-corrected chi connectivity index (χ0v) is 30.8. The van der Waals surface area contributed by atoms with Crippen molar-refractivity contribution in [3.63, 3.8) is 0 Å². The standard InChI is InChI=1S/C38H43F4N5O8/c1-5-22-16-37(22,34(52)44-32(50)29(48)20-12-13-20)45-31(49)28-15-25(54-35(53)46-17-21-8-6-11-27(39)26(21)19-46)18-47(28)33(51)30(36(2,3)4)43-23-9-7-10-24(14-23)55-38(40,41)42/h6-11,14,20,22,25,28,30,43H,5,12-13,15-19H2,1-4H3,(H,45,49)(H,44,50,52)/t22-,25-,28+,30-,37-/m1/s1. The average molecular weight is 774 g/mol. The highest BCUT2D eigenvalue weighted by molar-refractivity contribution is 6.40. The van der Waals surface area contributed by atoms with Gasteiger partial charge in [0.25, 0.3) is 11.8 Å². The Morgan fingerprint density at radius 1 is 1.00 bits per heavy atom. The maximum atomic E-state index is 14.5. The van der Waals surface area contributed by atoms with E-state index in [1.165, 1.54) is 34.1 Å². The molecule has 0 spiro atoms. The normalized spacial score (nSPS) is 23.7. The molecule has 3 N–H and O–H groups in total. The number of halogens is 4. The van der Waals surface area contributed by atoms with Gasteiger partial charge in [-0.2, -0.15) is 0 Å². The smallest absolute Gasteiger partial charge is 0.444 e. The summed E-state index contributed by atoms with van der Waals surface area (Å²) in [6.07, 6.45) is -5.28. The summed E-state index contributed by atoms with van der Waals surface area (Å²) < 4.78 is 63.2. The predicted molar refractivity (Wildman–Crippen MR) is 186 cm³/mol. The van der Waals surface area contributed by atoms with Crippen LogP contribution in [-0.4, -0.2) is 81.9 Å². The van der Waals surface area contributed by atoms with Crippen LogP contribution in [0.5, 0.6) is 5.75 Å². The van der Waals surface area contributed by atoms with E-state index in [-0.39, 0.29) is 44.1 Å². The molecule has 0 bridgehead atoms. The number of fused-ring (bicyclic) bond motifs is 1. The fourth-order valence-electron chi connectivity index (χ4n) is 7.29. The number of Topliss-reactive ketones (excluding diaryl/α,β-unsaturated/α-hetero) is 1. The second kappa shape index (κ2) is 14.8. The minimum atomic E-state index is -4.96. The minimum absolute atomic E-state index is 0.0503. The van der Waals surface area contributed by atoms with E-state index in [1.807, 2.05) is 0 Å². The van der Waals surface area contributed by atoms with Gasteiger partial charge in [0.2, 0.25) is 17.6 Å². The van der Waals surface area contributed by atoms with Crippen LogP contribution in [0.15, 0.2) is 42.5 Å². The van der Waals surface area contributed by atoms with Gasteiger partial charge in [0, 0.05) is 36.2 Å². The van der Waals surface area contributed by atoms with E-state index < -0.39 is 88.5 Å². The molecule has 6 rings (SSSR count). The topological polar surface area (TPSA) is 163 Å². The molecule has 1 saturated heterocycles. The van der Waals surface area contributed by atoms with Crippen molar-refractivity contribution in [2.24, 2.45) is 17.3 Å². The van der Waals surface area contributed by atoms with Gasteiger partial charge in [-0.3, -0.25) is 34.2 Å². The average Bonchev–Trinajstić information content (AvgIpc) is 3.98. The molecular formula is C38H43F4N5O8. The number of hydrogen-bond donors (Lipinski definition) is 3. The molecule has 296 valence electrons. The molecule has 4 aliphatic rings. The molecule has 17 heteroatoms. The van der Waals surface area contributed by atoms with Crippen LogP contribution < -0.4 is 20.7 Å². The number of ether oxygens (including phenoxy) is 2. The summed E-state index contributed by atoms with van der Waals surface area (Å²) in [5.41, 5.74) is -1.38. The molecule has 2 aliphatic carbocycles. The Hall–Kier alpha value is -5.22. The fraction of sp³-hybridized carbons (Fsp3) is 0.526. The lowest BCUT2D eigenvalue weighted by Crippen LogP contribution is -2.59. The van der Waals surface area contributed by atoms with Crippen molar-refractivity contribution in [1.29, 1.82) is 0 Å². The number of nitrogens with zero attached hydrogens (tertiary/aromatic N) is 2. The molecule has 2 saturated carbocycles. The highest BCUT2D eigenvalue weighted by Crippen LogP contribution is 2.46. The van der Waals surface area contributed by atoms with Crippen LogP contribution in [0.1, 0.15) is 70.9 Å². The number of anilines is 1. The number of likely N-dealkylation sites (tertiary alicyclic amines) is 1. The van der Waals surface area contributed by atoms with Crippen LogP contribution in [0, 0.1) is 23.1 Å². The molecule has 55 heavy (non-hydrogen) atoms. The number of alkyl halides is 3. The van der Waals surface area contributed by atoms with Crippen molar-refractivity contribution < 1.29 is 55.8 Å². The van der Waals surface area contributed by atoms with Gasteiger partial charge in [-0.25, -0.2) is 9.18 Å². The number of hydrogen-bond acceptors (Lipinski definition) is 9. The van der Waals surface area contributed by atoms with Gasteiger partial charge < -0.3 is 25.0 Å². The first-order valence-electron chi connectivity index (χ1n) is 18.2. The first kappa shape index (κ1) is 39.5. The molecule has 0 unspecified atom stereocenters. The molecule has 2 heterocycles. The lowest BCUT2D eigenvalue weighted by atomic mass is 9.85. The Morgan fingerprint density at radius 2 is 1.71 bits per heavy atom. The molecule has 2 aromatic rings. The summed E-state index contributed by atoms with van der Waals surface area (Å²) in [4.78, 5) is 83.0. The van der Waals surface area contributed by atoms with Crippen LogP contribution >= 0.6 is 0 Å². The fourth-order valence-corrected chi connectivity index (χ4v) is 7.29. The Labute approximate surface area is 314 Å². The summed E-state index contributed by atoms with van der Waals surface area (Å²) in [7, 11) is 0. The Kier molecular flexibility index (Phi) is 10.6. The lowest BCUT2D eigenvalue weighted by Gasteiger charge is -2.36. The monoisotopic (exact) mass is 773 g/mol. The number of amides is 5. The van der Waals surface area contributed by atoms with Gasteiger partial charge in [-0.15, -0.1) is 13.2 Å². The van der Waals surface area contributed by atoms with Gasteiger partial charge >= 0.3 is 12.5 Å². The highest BCUT2D eigenvalue weighted by Gasteiger charge is 2.62. The van der Waals surface area contributed by atoms with Crippen LogP contribution in [0.3, 0.4) is 0 Å². The number of benzene rings is 2. The molecule has 3 fully saturated rings. The third-order valence-electron chi connectivity index (χ3n) is 10.5. The Balaban J connectivity index is 1.24. The maximum absolute atomic E-state index is 14.5. The number of imide groups is 1. The van der Waals surface area contributed by atoms with Crippen molar-refractivity contribution in [2.45, 2.75) is 103 Å². The van der Waals surface area contributed by atoms with Gasteiger partial charge in [0.05, 0.1) is 13.1 Å². The summed E-state index contributed by atoms with van der Waals surface area (Å²) in [5.74, 6) is -5.86. The quantitative estimate of drug-likeness (QED) is 0.219. The molecule has 2 aromatic carbocycles. The highest BCUT2D eigenvalue weighted by atomic mass is 19.4. The molecule has 0 radical (unpaired) electrons. The second-order valence-electron chi connectivity index (χ2n) is 15.7. The number of carbonyl (C=O) groups excluding carboxylic acids is 6. The SMILES string of the molecule is CC[C@@H]1C[C@]1(NC(=O)[C@@H]1C[C@@H](OC(=O)N2Cc3cccc(F)c3C2)CN1C(=O)[C@@H](Nc1cccc(OC(F)(F)F)c1)C(C)(C)C)C(=O)NC(=O)C(=O)C1CC1. The Bertz CT molecular complexity index is 1900. The first-order chi connectivity index (χ1) is 25.8. The number of nitrogens with one attached hydrogen (secondary N) is 3. The zero-order valence-electron chi connectivity index (χ0n) is 30.8. The maximum Gasteiger partial charge on any atom is 0.573 e. The van der Waals surface area contributed by atoms with Crippen LogP contribution in [-0.2, 0) is 41.8 Å². The summed E-state index contributed by atoms with van der Waals surface area (Å²) in [6, 6.07) is 6.98. The van der Waals surface area contributed by atoms with Crippen molar-refractivity contribution in [3.05, 3.63) is 59.4 Å². The van der Waals surface area contributed by atoms with Crippen LogP contribution in [0.25, 0.3) is 0 Å². The van der Waals surface area contributed by atoms with E-state index in [4.69, 9.17) is 4.74 Å². The van der Waals surface area contributed by atoms with E-state index in [1.54, 1.807) is 33.8 Å². The lowest BCUT2D eigenvalue weighted by molar-refractivity contribution is -0.274. The van der Waals surface area contributed by atoms with Crippen molar-refractivity contribution in [3.8, 4) is 5.75 Å². The number of rotatable bonds is 11. The van der Waals surface area contributed by atoms with E-state index in [9.17, 15) is 46.3 Å². The number of carbonyl (C=O) groups is 6. The zero-order chi connectivity index (χ0) is 40.0. The summed E-state index contributed by atoms with van der Waals surface area (Å²) in [6.45, 7) is 6.68. The van der Waals surface area contributed by atoms with Crippen molar-refractivity contribution in [2.75, 3.05) is 11.9 Å². The van der Waals surface area contributed by atoms with Crippen LogP contribution in [0.2, 0.25) is 0 Å².